The summed E-state index contributed by atoms with van der Waals surface area (Å²) in [6.45, 7) is 1.87. The van der Waals surface area contributed by atoms with Crippen LogP contribution in [0.4, 0.5) is 0 Å². The fraction of sp³-hybridized carbons (Fsp3) is 0.250. The Morgan fingerprint density at radius 1 is 0.744 bits per heavy atom. The highest BCUT2D eigenvalue weighted by atomic mass is 16.2. The Hall–Kier alpha value is -4.20. The van der Waals surface area contributed by atoms with Crippen LogP contribution in [0.3, 0.4) is 0 Å². The minimum Gasteiger partial charge on any atom is -0.354 e. The highest BCUT2D eigenvalue weighted by Gasteiger charge is 2.20. The number of carbonyl (C=O) groups is 2. The molecule has 1 aromatic heterocycles. The summed E-state index contributed by atoms with van der Waals surface area (Å²) in [5.41, 5.74) is 9.63. The summed E-state index contributed by atoms with van der Waals surface area (Å²) in [7, 11) is 0. The maximum Gasteiger partial charge on any atom is 0.251 e. The minimum absolute atomic E-state index is 0.0506. The number of nitrogens with zero attached hydrogens (tertiary/aromatic N) is 1. The highest BCUT2D eigenvalue weighted by Crippen LogP contribution is 2.23. The fourth-order valence-electron chi connectivity index (χ4n) is 4.59. The summed E-state index contributed by atoms with van der Waals surface area (Å²) >= 11 is 0. The zero-order valence-corrected chi connectivity index (χ0v) is 22.1. The Kier molecular flexibility index (Phi) is 10.5. The molecule has 2 amide bonds. The summed E-state index contributed by atoms with van der Waals surface area (Å²) < 4.78 is 1.99. The molecule has 0 aliphatic carbocycles. The zero-order chi connectivity index (χ0) is 27.3. The van der Waals surface area contributed by atoms with Crippen LogP contribution in [0.2, 0.25) is 0 Å². The molecule has 4 aromatic rings. The highest BCUT2D eigenvalue weighted by molar-refractivity contribution is 5.94. The van der Waals surface area contributed by atoms with E-state index in [0.717, 1.165) is 23.2 Å². The second-order valence-electron chi connectivity index (χ2n) is 9.45. The van der Waals surface area contributed by atoms with Crippen molar-refractivity contribution in [2.24, 2.45) is 5.73 Å². The second kappa shape index (κ2) is 14.7. The van der Waals surface area contributed by atoms with Gasteiger partial charge in [0.05, 0.1) is 6.04 Å². The van der Waals surface area contributed by atoms with Gasteiger partial charge < -0.3 is 26.3 Å². The first kappa shape index (κ1) is 27.8. The van der Waals surface area contributed by atoms with Crippen LogP contribution < -0.4 is 21.7 Å². The predicted octanol–water partition coefficient (Wildman–Crippen LogP) is 3.85. The lowest BCUT2D eigenvalue weighted by Gasteiger charge is -2.22. The van der Waals surface area contributed by atoms with Crippen LogP contribution in [-0.2, 0) is 4.79 Å². The van der Waals surface area contributed by atoms with Gasteiger partial charge in [0.2, 0.25) is 5.91 Å². The Morgan fingerprint density at radius 2 is 1.36 bits per heavy atom. The molecule has 1 heterocycles. The van der Waals surface area contributed by atoms with Gasteiger partial charge in [-0.05, 0) is 66.9 Å². The zero-order valence-electron chi connectivity index (χ0n) is 22.1. The molecule has 1 atom stereocenters. The van der Waals surface area contributed by atoms with Crippen molar-refractivity contribution in [1.82, 2.24) is 20.5 Å². The fourth-order valence-corrected chi connectivity index (χ4v) is 4.59. The molecule has 202 valence electrons. The van der Waals surface area contributed by atoms with Crippen LogP contribution in [-0.4, -0.2) is 48.6 Å². The van der Waals surface area contributed by atoms with Crippen LogP contribution in [0.25, 0.3) is 5.69 Å². The first-order chi connectivity index (χ1) is 19.2. The molecule has 5 N–H and O–H groups in total. The molecule has 0 aliphatic heterocycles. The number of hydrogen-bond acceptors (Lipinski definition) is 4. The second-order valence-corrected chi connectivity index (χ2v) is 9.45. The Bertz CT molecular complexity index is 1240. The monoisotopic (exact) mass is 523 g/mol. The van der Waals surface area contributed by atoms with Gasteiger partial charge in [-0.3, -0.25) is 9.59 Å². The van der Waals surface area contributed by atoms with Crippen molar-refractivity contribution >= 4 is 11.8 Å². The molecule has 4 rings (SSSR count). The molecule has 0 bridgehead atoms. The van der Waals surface area contributed by atoms with Gasteiger partial charge in [0.25, 0.3) is 5.91 Å². The van der Waals surface area contributed by atoms with E-state index in [1.807, 2.05) is 89.8 Å². The van der Waals surface area contributed by atoms with Crippen molar-refractivity contribution in [3.05, 3.63) is 126 Å². The van der Waals surface area contributed by atoms with Gasteiger partial charge in [0, 0.05) is 49.2 Å². The number of nitrogens with one attached hydrogen (secondary N) is 3. The van der Waals surface area contributed by atoms with Crippen molar-refractivity contribution < 1.29 is 9.59 Å². The number of rotatable bonds is 14. The number of nitrogens with two attached hydrogens (primary N) is 1. The molecule has 0 aliphatic rings. The van der Waals surface area contributed by atoms with Crippen molar-refractivity contribution in [2.75, 3.05) is 26.2 Å². The first-order valence-electron chi connectivity index (χ1n) is 13.5. The normalized spacial score (nSPS) is 11.7. The Morgan fingerprint density at radius 3 is 1.95 bits per heavy atom. The van der Waals surface area contributed by atoms with E-state index in [1.54, 1.807) is 0 Å². The topological polar surface area (TPSA) is 101 Å². The van der Waals surface area contributed by atoms with E-state index in [-0.39, 0.29) is 17.7 Å². The maximum atomic E-state index is 13.2. The average molecular weight is 524 g/mol. The average Bonchev–Trinajstić information content (AvgIpc) is 3.53. The summed E-state index contributed by atoms with van der Waals surface area (Å²) in [5.74, 6) is -0.158. The molecule has 39 heavy (non-hydrogen) atoms. The molecule has 7 nitrogen and oxygen atoms in total. The van der Waals surface area contributed by atoms with Gasteiger partial charge in [-0.1, -0.05) is 60.7 Å². The van der Waals surface area contributed by atoms with Crippen LogP contribution in [0, 0.1) is 0 Å². The summed E-state index contributed by atoms with van der Waals surface area (Å²) in [6, 6.07) is 31.4. The van der Waals surface area contributed by atoms with Gasteiger partial charge >= 0.3 is 0 Å². The first-order valence-corrected chi connectivity index (χ1v) is 13.5. The van der Waals surface area contributed by atoms with Crippen LogP contribution in [0.1, 0.15) is 40.2 Å². The molecule has 0 unspecified atom stereocenters. The van der Waals surface area contributed by atoms with Gasteiger partial charge in [-0.15, -0.1) is 0 Å². The lowest BCUT2D eigenvalue weighted by atomic mass is 9.91. The summed E-state index contributed by atoms with van der Waals surface area (Å²) in [6.07, 6.45) is 5.27. The van der Waals surface area contributed by atoms with Crippen LogP contribution in [0.15, 0.2) is 109 Å². The Labute approximate surface area is 230 Å². The molecular weight excluding hydrogens is 486 g/mol. The number of carbonyl (C=O) groups excluding carboxylic acids is 2. The van der Waals surface area contributed by atoms with Gasteiger partial charge in [0.15, 0.2) is 0 Å². The van der Waals surface area contributed by atoms with E-state index < -0.39 is 6.04 Å². The van der Waals surface area contributed by atoms with E-state index in [9.17, 15) is 9.59 Å². The van der Waals surface area contributed by atoms with Gasteiger partial charge in [-0.25, -0.2) is 0 Å². The van der Waals surface area contributed by atoms with E-state index in [1.165, 1.54) is 0 Å². The van der Waals surface area contributed by atoms with Crippen LogP contribution in [0.5, 0.6) is 0 Å². The molecule has 0 fully saturated rings. The number of hydrogen-bond donors (Lipinski definition) is 4. The lowest BCUT2D eigenvalue weighted by Crippen LogP contribution is -2.47. The van der Waals surface area contributed by atoms with Crippen molar-refractivity contribution in [1.29, 1.82) is 0 Å². The van der Waals surface area contributed by atoms with Crippen molar-refractivity contribution in [3.8, 4) is 5.69 Å². The standard InChI is InChI=1S/C32H37N5O2/c33-19-9-14-30(32(39)36-24-29(25-10-3-1-4-11-25)26-12-5-2-6-13-26)34-20-21-35-31(38)27-15-17-28(18-16-27)37-22-7-8-23-37/h1-8,10-13,15-18,22-23,29-30,34H,9,14,19-21,24,33H2,(H,35,38)(H,36,39)/t30-/m0/s1. The van der Waals surface area contributed by atoms with Gasteiger partial charge in [0.1, 0.15) is 0 Å². The van der Waals surface area contributed by atoms with E-state index in [0.29, 0.717) is 38.2 Å². The summed E-state index contributed by atoms with van der Waals surface area (Å²) in [4.78, 5) is 25.8. The maximum absolute atomic E-state index is 13.2. The van der Waals surface area contributed by atoms with E-state index >= 15 is 0 Å². The molecule has 0 radical (unpaired) electrons. The number of benzene rings is 3. The number of amides is 2. The summed E-state index contributed by atoms with van der Waals surface area (Å²) in [5, 5.41) is 9.39. The molecule has 3 aromatic carbocycles. The Balaban J connectivity index is 1.28. The van der Waals surface area contributed by atoms with Crippen LogP contribution >= 0.6 is 0 Å². The van der Waals surface area contributed by atoms with Gasteiger partial charge in [-0.2, -0.15) is 0 Å². The third kappa shape index (κ3) is 8.14. The van der Waals surface area contributed by atoms with Crippen molar-refractivity contribution in [2.45, 2.75) is 24.8 Å². The third-order valence-electron chi connectivity index (χ3n) is 6.73. The quantitative estimate of drug-likeness (QED) is 0.189. The smallest absolute Gasteiger partial charge is 0.251 e. The molecule has 7 heteroatoms. The van der Waals surface area contributed by atoms with Crippen molar-refractivity contribution in [3.63, 3.8) is 0 Å². The minimum atomic E-state index is -0.390. The predicted molar refractivity (Wildman–Crippen MR) is 156 cm³/mol. The largest absolute Gasteiger partial charge is 0.354 e. The van der Waals surface area contributed by atoms with E-state index in [4.69, 9.17) is 5.73 Å². The SMILES string of the molecule is NCCC[C@H](NCCNC(=O)c1ccc(-n2cccc2)cc1)C(=O)NCC(c1ccccc1)c1ccccc1. The lowest BCUT2D eigenvalue weighted by molar-refractivity contribution is -0.123. The molecule has 0 saturated carbocycles. The molecule has 0 saturated heterocycles. The molecule has 0 spiro atoms. The molecular formula is C32H37N5O2. The van der Waals surface area contributed by atoms with E-state index in [2.05, 4.69) is 40.2 Å². The number of aromatic nitrogens is 1. The third-order valence-corrected chi connectivity index (χ3v) is 6.73.